The number of Topliss-reactive ketones (excluding diaryl/α,β-unsaturated/α-hetero) is 1. The molecular formula is C9H15ClO3. The Morgan fingerprint density at radius 1 is 1.38 bits per heavy atom. The zero-order chi connectivity index (χ0) is 10.3. The van der Waals surface area contributed by atoms with Gasteiger partial charge in [-0.05, 0) is 19.8 Å². The van der Waals surface area contributed by atoms with Crippen LogP contribution in [0.3, 0.4) is 0 Å². The molecular weight excluding hydrogens is 192 g/mol. The van der Waals surface area contributed by atoms with Crippen molar-refractivity contribution in [3.05, 3.63) is 0 Å². The molecule has 0 aromatic carbocycles. The van der Waals surface area contributed by atoms with E-state index in [0.29, 0.717) is 12.3 Å². The summed E-state index contributed by atoms with van der Waals surface area (Å²) in [5, 5.41) is 0. The standard InChI is InChI=1S/C9H15ClO3/c1-7(9(12)13-2)8(11)5-3-4-6-10/h7H,3-6H2,1-2H3. The number of alkyl halides is 1. The molecule has 76 valence electrons. The maximum atomic E-state index is 11.3. The largest absolute Gasteiger partial charge is 0.468 e. The summed E-state index contributed by atoms with van der Waals surface area (Å²) < 4.78 is 4.45. The summed E-state index contributed by atoms with van der Waals surface area (Å²) in [5.74, 6) is -0.618. The highest BCUT2D eigenvalue weighted by Gasteiger charge is 2.20. The third-order valence-corrected chi connectivity index (χ3v) is 2.11. The van der Waals surface area contributed by atoms with Crippen LogP contribution in [0.5, 0.6) is 0 Å². The first kappa shape index (κ1) is 12.4. The lowest BCUT2D eigenvalue weighted by atomic mass is 10.0. The third-order valence-electron chi connectivity index (χ3n) is 1.84. The van der Waals surface area contributed by atoms with Gasteiger partial charge < -0.3 is 4.74 Å². The summed E-state index contributed by atoms with van der Waals surface area (Å²) in [6.45, 7) is 1.56. The van der Waals surface area contributed by atoms with E-state index in [1.807, 2.05) is 0 Å². The maximum Gasteiger partial charge on any atom is 0.315 e. The van der Waals surface area contributed by atoms with Gasteiger partial charge in [-0.3, -0.25) is 9.59 Å². The fourth-order valence-electron chi connectivity index (χ4n) is 0.918. The molecule has 0 N–H and O–H groups in total. The van der Waals surface area contributed by atoms with E-state index in [9.17, 15) is 9.59 Å². The summed E-state index contributed by atoms with van der Waals surface area (Å²) in [4.78, 5) is 22.2. The van der Waals surface area contributed by atoms with Gasteiger partial charge in [-0.25, -0.2) is 0 Å². The molecule has 0 aromatic rings. The topological polar surface area (TPSA) is 43.4 Å². The molecule has 0 radical (unpaired) electrons. The van der Waals surface area contributed by atoms with Gasteiger partial charge in [-0.2, -0.15) is 0 Å². The Morgan fingerprint density at radius 2 is 2.00 bits per heavy atom. The van der Waals surface area contributed by atoms with Crippen molar-refractivity contribution in [2.45, 2.75) is 26.2 Å². The highest BCUT2D eigenvalue weighted by atomic mass is 35.5. The van der Waals surface area contributed by atoms with E-state index in [1.54, 1.807) is 6.92 Å². The van der Waals surface area contributed by atoms with Gasteiger partial charge in [0.15, 0.2) is 0 Å². The average Bonchev–Trinajstić information content (AvgIpc) is 2.15. The fraction of sp³-hybridized carbons (Fsp3) is 0.778. The number of hydrogen-bond acceptors (Lipinski definition) is 3. The SMILES string of the molecule is COC(=O)C(C)C(=O)CCCCCl. The Morgan fingerprint density at radius 3 is 2.46 bits per heavy atom. The monoisotopic (exact) mass is 206 g/mol. The van der Waals surface area contributed by atoms with Crippen LogP contribution in [0.15, 0.2) is 0 Å². The number of ether oxygens (including phenoxy) is 1. The molecule has 0 fully saturated rings. The zero-order valence-electron chi connectivity index (χ0n) is 8.01. The molecule has 0 saturated heterocycles. The first-order valence-corrected chi connectivity index (χ1v) is 4.83. The first-order valence-electron chi connectivity index (χ1n) is 4.30. The van der Waals surface area contributed by atoms with Crippen LogP contribution in [-0.4, -0.2) is 24.7 Å². The van der Waals surface area contributed by atoms with Crippen molar-refractivity contribution < 1.29 is 14.3 Å². The number of halogens is 1. The van der Waals surface area contributed by atoms with E-state index < -0.39 is 11.9 Å². The molecule has 13 heavy (non-hydrogen) atoms. The quantitative estimate of drug-likeness (QED) is 0.288. The average molecular weight is 207 g/mol. The van der Waals surface area contributed by atoms with Gasteiger partial charge in [0.05, 0.1) is 7.11 Å². The van der Waals surface area contributed by atoms with Crippen LogP contribution in [0, 0.1) is 5.92 Å². The molecule has 0 spiro atoms. The van der Waals surface area contributed by atoms with Crippen LogP contribution in [0.1, 0.15) is 26.2 Å². The zero-order valence-corrected chi connectivity index (χ0v) is 8.76. The van der Waals surface area contributed by atoms with Crippen LogP contribution in [0.2, 0.25) is 0 Å². The molecule has 0 saturated carbocycles. The van der Waals surface area contributed by atoms with E-state index in [4.69, 9.17) is 11.6 Å². The predicted octanol–water partition coefficient (Wildman–Crippen LogP) is 1.77. The normalized spacial score (nSPS) is 12.2. The second-order valence-electron chi connectivity index (χ2n) is 2.86. The van der Waals surface area contributed by atoms with Gasteiger partial charge in [0.1, 0.15) is 11.7 Å². The number of unbranched alkanes of at least 4 members (excludes halogenated alkanes) is 1. The molecule has 0 aliphatic heterocycles. The molecule has 0 bridgehead atoms. The Balaban J connectivity index is 3.76. The van der Waals surface area contributed by atoms with E-state index in [2.05, 4.69) is 4.74 Å². The van der Waals surface area contributed by atoms with Crippen LogP contribution >= 0.6 is 11.6 Å². The molecule has 3 nitrogen and oxygen atoms in total. The van der Waals surface area contributed by atoms with Gasteiger partial charge >= 0.3 is 5.97 Å². The molecule has 0 amide bonds. The molecule has 0 rings (SSSR count). The number of hydrogen-bond donors (Lipinski definition) is 0. The van der Waals surface area contributed by atoms with Crippen molar-refractivity contribution in [3.8, 4) is 0 Å². The van der Waals surface area contributed by atoms with Gasteiger partial charge in [0.25, 0.3) is 0 Å². The second-order valence-corrected chi connectivity index (χ2v) is 3.24. The highest BCUT2D eigenvalue weighted by molar-refractivity contribution is 6.17. The third kappa shape index (κ3) is 4.88. The van der Waals surface area contributed by atoms with Crippen LogP contribution < -0.4 is 0 Å². The number of rotatable bonds is 6. The molecule has 0 aliphatic carbocycles. The first-order chi connectivity index (χ1) is 6.13. The van der Waals surface area contributed by atoms with Gasteiger partial charge in [0.2, 0.25) is 0 Å². The fourth-order valence-corrected chi connectivity index (χ4v) is 1.11. The number of ketones is 1. The van der Waals surface area contributed by atoms with Crippen LogP contribution in [-0.2, 0) is 14.3 Å². The van der Waals surface area contributed by atoms with Crippen molar-refractivity contribution in [1.82, 2.24) is 0 Å². The van der Waals surface area contributed by atoms with E-state index in [-0.39, 0.29) is 5.78 Å². The van der Waals surface area contributed by atoms with Gasteiger partial charge in [0, 0.05) is 12.3 Å². The number of carbonyl (C=O) groups is 2. The van der Waals surface area contributed by atoms with E-state index in [0.717, 1.165) is 12.8 Å². The summed E-state index contributed by atoms with van der Waals surface area (Å²) in [6.07, 6.45) is 1.95. The Hall–Kier alpha value is -0.570. The minimum Gasteiger partial charge on any atom is -0.468 e. The lowest BCUT2D eigenvalue weighted by molar-refractivity contribution is -0.148. The number of methoxy groups -OCH3 is 1. The molecule has 1 unspecified atom stereocenters. The van der Waals surface area contributed by atoms with Gasteiger partial charge in [-0.15, -0.1) is 11.6 Å². The summed E-state index contributed by atoms with van der Waals surface area (Å²) >= 11 is 5.45. The Kier molecular flexibility index (Phi) is 6.59. The molecule has 4 heteroatoms. The van der Waals surface area contributed by atoms with Crippen LogP contribution in [0.4, 0.5) is 0 Å². The van der Waals surface area contributed by atoms with Gasteiger partial charge in [-0.1, -0.05) is 0 Å². The van der Waals surface area contributed by atoms with E-state index >= 15 is 0 Å². The lowest BCUT2D eigenvalue weighted by Crippen LogP contribution is -2.22. The summed E-state index contributed by atoms with van der Waals surface area (Å²) in [5.41, 5.74) is 0. The molecule has 0 aromatic heterocycles. The molecule has 0 heterocycles. The molecule has 0 aliphatic rings. The van der Waals surface area contributed by atoms with Crippen molar-refractivity contribution >= 4 is 23.4 Å². The van der Waals surface area contributed by atoms with Crippen molar-refractivity contribution in [3.63, 3.8) is 0 Å². The number of carbonyl (C=O) groups excluding carboxylic acids is 2. The predicted molar refractivity (Wildman–Crippen MR) is 50.8 cm³/mol. The van der Waals surface area contributed by atoms with Crippen molar-refractivity contribution in [2.24, 2.45) is 5.92 Å². The maximum absolute atomic E-state index is 11.3. The smallest absolute Gasteiger partial charge is 0.315 e. The Bertz CT molecular complexity index is 180. The van der Waals surface area contributed by atoms with Crippen LogP contribution in [0.25, 0.3) is 0 Å². The second kappa shape index (κ2) is 6.89. The highest BCUT2D eigenvalue weighted by Crippen LogP contribution is 2.07. The van der Waals surface area contributed by atoms with Crippen molar-refractivity contribution in [1.29, 1.82) is 0 Å². The number of esters is 1. The summed E-state index contributed by atoms with van der Waals surface area (Å²) in [6, 6.07) is 0. The minimum atomic E-state index is -0.639. The Labute approximate surface area is 83.4 Å². The minimum absolute atomic E-state index is 0.0723. The molecule has 1 atom stereocenters. The van der Waals surface area contributed by atoms with E-state index in [1.165, 1.54) is 7.11 Å². The summed E-state index contributed by atoms with van der Waals surface area (Å²) in [7, 11) is 1.28. The van der Waals surface area contributed by atoms with Crippen molar-refractivity contribution in [2.75, 3.05) is 13.0 Å². The lowest BCUT2D eigenvalue weighted by Gasteiger charge is -2.06.